The highest BCUT2D eigenvalue weighted by Crippen LogP contribution is 2.21. The fourth-order valence-electron chi connectivity index (χ4n) is 0.978. The Labute approximate surface area is 99.8 Å². The van der Waals surface area contributed by atoms with Crippen molar-refractivity contribution in [3.63, 3.8) is 0 Å². The van der Waals surface area contributed by atoms with Gasteiger partial charge in [0.05, 0.1) is 17.8 Å². The zero-order valence-corrected chi connectivity index (χ0v) is 9.64. The zero-order chi connectivity index (χ0) is 12.1. The van der Waals surface area contributed by atoms with Gasteiger partial charge in [-0.25, -0.2) is 9.18 Å². The molecule has 0 bridgehead atoms. The van der Waals surface area contributed by atoms with Gasteiger partial charge < -0.3 is 16.2 Å². The highest BCUT2D eigenvalue weighted by molar-refractivity contribution is 9.10. The van der Waals surface area contributed by atoms with Crippen molar-refractivity contribution in [1.82, 2.24) is 5.32 Å². The molecule has 0 fully saturated rings. The van der Waals surface area contributed by atoms with Crippen LogP contribution in [0.3, 0.4) is 0 Å². The number of nitrogens with one attached hydrogen (secondary N) is 1. The van der Waals surface area contributed by atoms with Crippen molar-refractivity contribution in [3.05, 3.63) is 28.0 Å². The predicted molar refractivity (Wildman–Crippen MR) is 61.4 cm³/mol. The smallest absolute Gasteiger partial charge is 0.405 e. The first-order chi connectivity index (χ1) is 7.50. The summed E-state index contributed by atoms with van der Waals surface area (Å²) < 4.78 is 13.9. The van der Waals surface area contributed by atoms with Gasteiger partial charge in [-0.2, -0.15) is 0 Å². The molecule has 16 heavy (non-hydrogen) atoms. The number of hydrogen-bond donors (Lipinski definition) is 3. The Balaban J connectivity index is 2.84. The Bertz CT molecular complexity index is 456. The molecule has 1 aromatic carbocycles. The summed E-state index contributed by atoms with van der Waals surface area (Å²) in [6.45, 7) is -0.0791. The average molecular weight is 287 g/mol. The summed E-state index contributed by atoms with van der Waals surface area (Å²) in [7, 11) is 0. The molecule has 0 radical (unpaired) electrons. The van der Waals surface area contributed by atoms with Gasteiger partial charge in [0.1, 0.15) is 5.82 Å². The van der Waals surface area contributed by atoms with E-state index in [2.05, 4.69) is 27.8 Å². The largest absolute Gasteiger partial charge is 0.465 e. The molecule has 6 heteroatoms. The molecule has 1 rings (SSSR count). The summed E-state index contributed by atoms with van der Waals surface area (Å²) in [5.74, 6) is 4.38. The Morgan fingerprint density at radius 2 is 2.31 bits per heavy atom. The molecule has 4 nitrogen and oxygen atoms in total. The quantitative estimate of drug-likeness (QED) is 0.544. The Kier molecular flexibility index (Phi) is 4.14. The highest BCUT2D eigenvalue weighted by Gasteiger charge is 2.04. The molecular formula is C10H8BrFN2O2. The number of hydrogen-bond acceptors (Lipinski definition) is 2. The van der Waals surface area contributed by atoms with Gasteiger partial charge in [0.2, 0.25) is 0 Å². The van der Waals surface area contributed by atoms with Gasteiger partial charge in [0.25, 0.3) is 0 Å². The Morgan fingerprint density at radius 1 is 1.62 bits per heavy atom. The van der Waals surface area contributed by atoms with Crippen LogP contribution in [0, 0.1) is 17.7 Å². The molecule has 4 N–H and O–H groups in total. The number of nitrogens with two attached hydrogens (primary N) is 1. The first kappa shape index (κ1) is 12.3. The number of halogens is 2. The minimum Gasteiger partial charge on any atom is -0.465 e. The van der Waals surface area contributed by atoms with Crippen molar-refractivity contribution < 1.29 is 14.3 Å². The van der Waals surface area contributed by atoms with Crippen molar-refractivity contribution in [2.75, 3.05) is 12.3 Å². The van der Waals surface area contributed by atoms with Gasteiger partial charge in [0.15, 0.2) is 0 Å². The monoisotopic (exact) mass is 286 g/mol. The molecule has 0 unspecified atom stereocenters. The molecule has 0 spiro atoms. The van der Waals surface area contributed by atoms with E-state index in [4.69, 9.17) is 10.8 Å². The predicted octanol–water partition coefficient (Wildman–Crippen LogP) is 1.79. The topological polar surface area (TPSA) is 75.3 Å². The zero-order valence-electron chi connectivity index (χ0n) is 8.05. The fourth-order valence-corrected chi connectivity index (χ4v) is 1.43. The summed E-state index contributed by atoms with van der Waals surface area (Å²) in [6.07, 6.45) is -1.18. The maximum Gasteiger partial charge on any atom is 0.405 e. The normalized spacial score (nSPS) is 9.12. The number of anilines is 1. The van der Waals surface area contributed by atoms with Crippen molar-refractivity contribution >= 4 is 27.7 Å². The molecular weight excluding hydrogens is 279 g/mol. The standard InChI is InChI=1S/C10H8BrFN2O2/c11-6-4-8(12)7(9(13)5-6)2-1-3-14-10(15)16/h4-5,14H,3,13H2,(H,15,16). The number of benzene rings is 1. The summed E-state index contributed by atoms with van der Waals surface area (Å²) in [6, 6.07) is 2.77. The number of amides is 1. The van der Waals surface area contributed by atoms with E-state index in [0.717, 1.165) is 0 Å². The van der Waals surface area contributed by atoms with Crippen LogP contribution >= 0.6 is 15.9 Å². The van der Waals surface area contributed by atoms with Crippen LogP contribution < -0.4 is 11.1 Å². The van der Waals surface area contributed by atoms with E-state index in [1.807, 2.05) is 5.32 Å². The average Bonchev–Trinajstić information content (AvgIpc) is 2.14. The van der Waals surface area contributed by atoms with Crippen LogP contribution in [0.2, 0.25) is 0 Å². The minimum atomic E-state index is -1.18. The third-order valence-electron chi connectivity index (χ3n) is 1.63. The third-order valence-corrected chi connectivity index (χ3v) is 2.08. The van der Waals surface area contributed by atoms with E-state index in [-0.39, 0.29) is 17.8 Å². The molecule has 0 heterocycles. The van der Waals surface area contributed by atoms with Gasteiger partial charge in [0, 0.05) is 4.47 Å². The lowest BCUT2D eigenvalue weighted by atomic mass is 10.2. The van der Waals surface area contributed by atoms with E-state index in [1.165, 1.54) is 12.1 Å². The van der Waals surface area contributed by atoms with E-state index < -0.39 is 11.9 Å². The lowest BCUT2D eigenvalue weighted by Gasteiger charge is -2.00. The van der Waals surface area contributed by atoms with Gasteiger partial charge in [-0.3, -0.25) is 0 Å². The molecule has 0 aliphatic rings. The number of nitrogen functional groups attached to an aromatic ring is 1. The minimum absolute atomic E-state index is 0.0652. The molecule has 0 saturated carbocycles. The molecule has 0 aromatic heterocycles. The first-order valence-electron chi connectivity index (χ1n) is 4.21. The second kappa shape index (κ2) is 5.37. The molecule has 0 atom stereocenters. The molecule has 0 aliphatic heterocycles. The van der Waals surface area contributed by atoms with E-state index >= 15 is 0 Å². The van der Waals surface area contributed by atoms with Gasteiger partial charge in [-0.1, -0.05) is 27.8 Å². The van der Waals surface area contributed by atoms with Crippen LogP contribution in [0.25, 0.3) is 0 Å². The number of carbonyl (C=O) groups is 1. The molecule has 0 aliphatic carbocycles. The van der Waals surface area contributed by atoms with Crippen molar-refractivity contribution in [1.29, 1.82) is 0 Å². The summed E-state index contributed by atoms with van der Waals surface area (Å²) in [5.41, 5.74) is 5.82. The van der Waals surface area contributed by atoms with Gasteiger partial charge >= 0.3 is 6.09 Å². The summed E-state index contributed by atoms with van der Waals surface area (Å²) >= 11 is 3.09. The number of carboxylic acid groups (broad SMARTS) is 1. The SMILES string of the molecule is Nc1cc(Br)cc(F)c1C#CCNC(=O)O. The van der Waals surface area contributed by atoms with E-state index in [9.17, 15) is 9.18 Å². The molecule has 1 amide bonds. The highest BCUT2D eigenvalue weighted by atomic mass is 79.9. The van der Waals surface area contributed by atoms with Gasteiger partial charge in [-0.05, 0) is 12.1 Å². The fraction of sp³-hybridized carbons (Fsp3) is 0.100. The number of rotatable bonds is 1. The molecule has 1 aromatic rings. The Morgan fingerprint density at radius 3 is 2.88 bits per heavy atom. The van der Waals surface area contributed by atoms with Crippen LogP contribution in [0.4, 0.5) is 14.9 Å². The van der Waals surface area contributed by atoms with Crippen LogP contribution in [0.15, 0.2) is 16.6 Å². The van der Waals surface area contributed by atoms with Gasteiger partial charge in [-0.15, -0.1) is 0 Å². The van der Waals surface area contributed by atoms with Crippen LogP contribution in [0.1, 0.15) is 5.56 Å². The van der Waals surface area contributed by atoms with E-state index in [1.54, 1.807) is 0 Å². The third kappa shape index (κ3) is 3.44. The molecule has 84 valence electrons. The van der Waals surface area contributed by atoms with Crippen LogP contribution in [-0.4, -0.2) is 17.7 Å². The van der Waals surface area contributed by atoms with E-state index in [0.29, 0.717) is 4.47 Å². The molecule has 0 saturated heterocycles. The first-order valence-corrected chi connectivity index (χ1v) is 5.00. The maximum absolute atomic E-state index is 13.3. The lowest BCUT2D eigenvalue weighted by Crippen LogP contribution is -2.20. The Hall–Kier alpha value is -1.74. The lowest BCUT2D eigenvalue weighted by molar-refractivity contribution is 0.196. The van der Waals surface area contributed by atoms with Crippen molar-refractivity contribution in [3.8, 4) is 11.8 Å². The summed E-state index contributed by atoms with van der Waals surface area (Å²) in [4.78, 5) is 10.1. The van der Waals surface area contributed by atoms with Crippen molar-refractivity contribution in [2.45, 2.75) is 0 Å². The van der Waals surface area contributed by atoms with Crippen LogP contribution in [0.5, 0.6) is 0 Å². The van der Waals surface area contributed by atoms with Crippen LogP contribution in [-0.2, 0) is 0 Å². The second-order valence-electron chi connectivity index (χ2n) is 2.81. The second-order valence-corrected chi connectivity index (χ2v) is 3.73. The summed E-state index contributed by atoms with van der Waals surface area (Å²) in [5, 5.41) is 10.3. The maximum atomic E-state index is 13.3. The van der Waals surface area contributed by atoms with Crippen molar-refractivity contribution in [2.24, 2.45) is 0 Å².